The zero-order valence-electron chi connectivity index (χ0n) is 11.0. The molecule has 2 rings (SSSR count). The molecule has 0 bridgehead atoms. The van der Waals surface area contributed by atoms with E-state index < -0.39 is 5.91 Å². The van der Waals surface area contributed by atoms with E-state index in [2.05, 4.69) is 15.4 Å². The third-order valence-corrected chi connectivity index (χ3v) is 2.64. The standard InChI is InChI=1S/C13H11N7O/c14-6-8-19(9-7-15)12(21)10-20-17-13(16-18-20)11-4-2-1-3-5-11/h1-5H,8-10H2. The topological polar surface area (TPSA) is 111 Å². The molecule has 1 heterocycles. The van der Waals surface area contributed by atoms with Gasteiger partial charge in [-0.2, -0.15) is 15.3 Å². The van der Waals surface area contributed by atoms with Crippen LogP contribution in [0.15, 0.2) is 30.3 Å². The summed E-state index contributed by atoms with van der Waals surface area (Å²) in [5.41, 5.74) is 0.794. The first kappa shape index (κ1) is 14.2. The average molecular weight is 281 g/mol. The zero-order valence-corrected chi connectivity index (χ0v) is 11.0. The van der Waals surface area contributed by atoms with Crippen LogP contribution in [0.3, 0.4) is 0 Å². The number of tetrazole rings is 1. The van der Waals surface area contributed by atoms with E-state index >= 15 is 0 Å². The average Bonchev–Trinajstić information content (AvgIpc) is 2.96. The van der Waals surface area contributed by atoms with Crippen LogP contribution in [0.2, 0.25) is 0 Å². The van der Waals surface area contributed by atoms with Gasteiger partial charge in [-0.25, -0.2) is 0 Å². The van der Waals surface area contributed by atoms with Gasteiger partial charge in [0.2, 0.25) is 11.7 Å². The first-order valence-electron chi connectivity index (χ1n) is 6.09. The van der Waals surface area contributed by atoms with Gasteiger partial charge in [0, 0.05) is 5.56 Å². The minimum absolute atomic E-state index is 0.146. The minimum atomic E-state index is -0.407. The van der Waals surface area contributed by atoms with E-state index in [1.807, 2.05) is 42.5 Å². The van der Waals surface area contributed by atoms with E-state index in [1.165, 1.54) is 0 Å². The van der Waals surface area contributed by atoms with Gasteiger partial charge in [-0.1, -0.05) is 30.3 Å². The van der Waals surface area contributed by atoms with Crippen molar-refractivity contribution in [2.75, 3.05) is 13.1 Å². The largest absolute Gasteiger partial charge is 0.314 e. The molecule has 8 heteroatoms. The lowest BCUT2D eigenvalue weighted by molar-refractivity contribution is -0.131. The number of hydrogen-bond acceptors (Lipinski definition) is 6. The second-order valence-corrected chi connectivity index (χ2v) is 4.08. The number of nitriles is 2. The van der Waals surface area contributed by atoms with Gasteiger partial charge in [-0.3, -0.25) is 4.79 Å². The van der Waals surface area contributed by atoms with Crippen LogP contribution in [0.5, 0.6) is 0 Å². The summed E-state index contributed by atoms with van der Waals surface area (Å²) in [5.74, 6) is 0.00521. The number of amides is 1. The number of carbonyl (C=O) groups is 1. The maximum Gasteiger partial charge on any atom is 0.247 e. The van der Waals surface area contributed by atoms with Gasteiger partial charge >= 0.3 is 0 Å². The van der Waals surface area contributed by atoms with Gasteiger partial charge in [-0.05, 0) is 5.21 Å². The van der Waals surface area contributed by atoms with Crippen LogP contribution in [0, 0.1) is 22.7 Å². The minimum Gasteiger partial charge on any atom is -0.314 e. The Kier molecular flexibility index (Phi) is 4.57. The Morgan fingerprint density at radius 3 is 2.48 bits per heavy atom. The first-order chi connectivity index (χ1) is 10.2. The Morgan fingerprint density at radius 2 is 1.86 bits per heavy atom. The van der Waals surface area contributed by atoms with Crippen LogP contribution < -0.4 is 0 Å². The van der Waals surface area contributed by atoms with Crippen molar-refractivity contribution < 1.29 is 4.79 Å². The lowest BCUT2D eigenvalue weighted by Crippen LogP contribution is -2.35. The van der Waals surface area contributed by atoms with E-state index in [-0.39, 0.29) is 19.6 Å². The predicted molar refractivity (Wildman–Crippen MR) is 71.1 cm³/mol. The Morgan fingerprint density at radius 1 is 1.19 bits per heavy atom. The van der Waals surface area contributed by atoms with Crippen molar-refractivity contribution >= 4 is 5.91 Å². The van der Waals surface area contributed by atoms with E-state index in [0.717, 1.165) is 15.3 Å². The summed E-state index contributed by atoms with van der Waals surface area (Å²) in [4.78, 5) is 14.2. The Balaban J connectivity index is 2.07. The fraction of sp³-hybridized carbons (Fsp3) is 0.231. The molecule has 2 aromatic rings. The molecule has 0 unspecified atom stereocenters. The predicted octanol–water partition coefficient (Wildman–Crippen LogP) is 0.216. The first-order valence-corrected chi connectivity index (χ1v) is 6.09. The van der Waals surface area contributed by atoms with Crippen molar-refractivity contribution in [3.8, 4) is 23.5 Å². The van der Waals surface area contributed by atoms with Crippen LogP contribution in [0.4, 0.5) is 0 Å². The number of rotatable bonds is 5. The van der Waals surface area contributed by atoms with Gasteiger partial charge in [0.1, 0.15) is 19.6 Å². The fourth-order valence-corrected chi connectivity index (χ4v) is 1.64. The summed E-state index contributed by atoms with van der Waals surface area (Å²) >= 11 is 0. The molecule has 0 spiro atoms. The third kappa shape index (κ3) is 3.61. The van der Waals surface area contributed by atoms with Crippen molar-refractivity contribution in [2.45, 2.75) is 6.54 Å². The van der Waals surface area contributed by atoms with Crippen molar-refractivity contribution in [1.82, 2.24) is 25.1 Å². The summed E-state index contributed by atoms with van der Waals surface area (Å²) in [6.07, 6.45) is 0. The van der Waals surface area contributed by atoms with Gasteiger partial charge in [0.05, 0.1) is 12.1 Å². The molecule has 0 saturated heterocycles. The van der Waals surface area contributed by atoms with E-state index in [9.17, 15) is 4.79 Å². The maximum atomic E-state index is 11.9. The molecule has 0 saturated carbocycles. The van der Waals surface area contributed by atoms with Crippen LogP contribution >= 0.6 is 0 Å². The molecule has 21 heavy (non-hydrogen) atoms. The summed E-state index contributed by atoms with van der Waals surface area (Å²) < 4.78 is 0. The number of hydrogen-bond donors (Lipinski definition) is 0. The molecule has 104 valence electrons. The molecule has 0 atom stereocenters. The summed E-state index contributed by atoms with van der Waals surface area (Å²) in [6, 6.07) is 12.9. The molecule has 0 aliphatic heterocycles. The maximum absolute atomic E-state index is 11.9. The Hall–Kier alpha value is -3.26. The SMILES string of the molecule is N#CCN(CC#N)C(=O)Cn1nnc(-c2ccccc2)n1. The number of benzene rings is 1. The molecule has 1 aromatic heterocycles. The highest BCUT2D eigenvalue weighted by molar-refractivity contribution is 5.76. The zero-order chi connectivity index (χ0) is 15.1. The summed E-state index contributed by atoms with van der Waals surface area (Å²) in [7, 11) is 0. The molecule has 8 nitrogen and oxygen atoms in total. The monoisotopic (exact) mass is 281 g/mol. The normalized spacial score (nSPS) is 9.62. The number of carbonyl (C=O) groups excluding carboxylic acids is 1. The Labute approximate surface area is 120 Å². The van der Waals surface area contributed by atoms with E-state index in [1.54, 1.807) is 0 Å². The molecule has 0 radical (unpaired) electrons. The second kappa shape index (κ2) is 6.78. The van der Waals surface area contributed by atoms with Gasteiger partial charge < -0.3 is 4.90 Å². The van der Waals surface area contributed by atoms with Gasteiger partial charge in [-0.15, -0.1) is 10.2 Å². The summed E-state index contributed by atoms with van der Waals surface area (Å²) in [6.45, 7) is -0.456. The molecule has 0 fully saturated rings. The van der Waals surface area contributed by atoms with Crippen LogP contribution in [0.25, 0.3) is 11.4 Å². The molecule has 0 aliphatic carbocycles. The lowest BCUT2D eigenvalue weighted by Gasteiger charge is -2.14. The van der Waals surface area contributed by atoms with Gasteiger partial charge in [0.25, 0.3) is 0 Å². The van der Waals surface area contributed by atoms with E-state index in [0.29, 0.717) is 5.82 Å². The highest BCUT2D eigenvalue weighted by Gasteiger charge is 2.15. The quantitative estimate of drug-likeness (QED) is 0.724. The number of aromatic nitrogens is 4. The van der Waals surface area contributed by atoms with Crippen molar-refractivity contribution in [3.05, 3.63) is 30.3 Å². The molecule has 0 aliphatic rings. The second-order valence-electron chi connectivity index (χ2n) is 4.08. The lowest BCUT2D eigenvalue weighted by atomic mass is 10.2. The fourth-order valence-electron chi connectivity index (χ4n) is 1.64. The van der Waals surface area contributed by atoms with Crippen molar-refractivity contribution in [2.24, 2.45) is 0 Å². The van der Waals surface area contributed by atoms with E-state index in [4.69, 9.17) is 10.5 Å². The highest BCUT2D eigenvalue weighted by atomic mass is 16.2. The van der Waals surface area contributed by atoms with Gasteiger partial charge in [0.15, 0.2) is 0 Å². The molecule has 1 aromatic carbocycles. The van der Waals surface area contributed by atoms with Crippen LogP contribution in [0.1, 0.15) is 0 Å². The van der Waals surface area contributed by atoms with Crippen LogP contribution in [-0.4, -0.2) is 44.1 Å². The smallest absolute Gasteiger partial charge is 0.247 e. The van der Waals surface area contributed by atoms with Crippen molar-refractivity contribution in [1.29, 1.82) is 10.5 Å². The molecule has 0 N–H and O–H groups in total. The number of nitrogens with zero attached hydrogens (tertiary/aromatic N) is 7. The van der Waals surface area contributed by atoms with Crippen LogP contribution in [-0.2, 0) is 11.3 Å². The summed E-state index contributed by atoms with van der Waals surface area (Å²) in [5, 5.41) is 29.0. The molecular weight excluding hydrogens is 270 g/mol. The molecular formula is C13H11N7O. The third-order valence-electron chi connectivity index (χ3n) is 2.64. The molecule has 1 amide bonds. The Bertz CT molecular complexity index is 679. The highest BCUT2D eigenvalue weighted by Crippen LogP contribution is 2.11. The van der Waals surface area contributed by atoms with Crippen molar-refractivity contribution in [3.63, 3.8) is 0 Å².